The third kappa shape index (κ3) is 4.75. The van der Waals surface area contributed by atoms with Gasteiger partial charge in [0.1, 0.15) is 17.4 Å². The molecule has 0 aromatic carbocycles. The first kappa shape index (κ1) is 20.7. The van der Waals surface area contributed by atoms with Gasteiger partial charge in [-0.25, -0.2) is 17.9 Å². The number of hydrogen-bond donors (Lipinski definition) is 2. The summed E-state index contributed by atoms with van der Waals surface area (Å²) in [7, 11) is -3.25. The van der Waals surface area contributed by atoms with Crippen molar-refractivity contribution in [1.82, 2.24) is 14.9 Å². The summed E-state index contributed by atoms with van der Waals surface area (Å²) in [4.78, 5) is 12.7. The standard InChI is InChI=1S/C14H20F3N3O5S/c1-9-10(13(21)24-2)7-12(25-9)26(22,23)19-8-11(14(15,16)17)20-5-3-18-4-6-20/h7,11,18-19H,3-6,8H2,1-2H3. The van der Waals surface area contributed by atoms with Crippen LogP contribution in [0.5, 0.6) is 0 Å². The van der Waals surface area contributed by atoms with Gasteiger partial charge in [-0.1, -0.05) is 0 Å². The number of carbonyl (C=O) groups is 1. The summed E-state index contributed by atoms with van der Waals surface area (Å²) >= 11 is 0. The van der Waals surface area contributed by atoms with Gasteiger partial charge in [0.15, 0.2) is 0 Å². The van der Waals surface area contributed by atoms with Gasteiger partial charge < -0.3 is 14.5 Å². The molecule has 0 amide bonds. The molecule has 0 aliphatic carbocycles. The first-order valence-electron chi connectivity index (χ1n) is 7.76. The van der Waals surface area contributed by atoms with Crippen molar-refractivity contribution in [3.63, 3.8) is 0 Å². The Bertz CT molecular complexity index is 741. The Kier molecular flexibility index (Phi) is 6.32. The second kappa shape index (κ2) is 7.94. The Hall–Kier alpha value is -1.63. The molecule has 1 aliphatic heterocycles. The number of rotatable bonds is 6. The van der Waals surface area contributed by atoms with Crippen molar-refractivity contribution in [2.24, 2.45) is 0 Å². The van der Waals surface area contributed by atoms with E-state index in [1.807, 2.05) is 4.72 Å². The zero-order chi connectivity index (χ0) is 19.5. The Morgan fingerprint density at radius 1 is 1.42 bits per heavy atom. The number of alkyl halides is 3. The molecule has 0 spiro atoms. The van der Waals surface area contributed by atoms with Gasteiger partial charge >= 0.3 is 12.1 Å². The van der Waals surface area contributed by atoms with Crippen LogP contribution >= 0.6 is 0 Å². The van der Waals surface area contributed by atoms with Crippen molar-refractivity contribution < 1.29 is 35.5 Å². The van der Waals surface area contributed by atoms with E-state index in [0.29, 0.717) is 13.1 Å². The summed E-state index contributed by atoms with van der Waals surface area (Å²) in [5.74, 6) is -0.812. The van der Waals surface area contributed by atoms with Crippen LogP contribution in [0.3, 0.4) is 0 Å². The van der Waals surface area contributed by atoms with E-state index >= 15 is 0 Å². The summed E-state index contributed by atoms with van der Waals surface area (Å²) in [6.07, 6.45) is -4.60. The molecule has 2 heterocycles. The number of halogens is 3. The zero-order valence-electron chi connectivity index (χ0n) is 14.2. The van der Waals surface area contributed by atoms with Crippen LogP contribution in [0.4, 0.5) is 13.2 Å². The van der Waals surface area contributed by atoms with Crippen LogP contribution in [0.2, 0.25) is 0 Å². The molecular weight excluding hydrogens is 379 g/mol. The first-order chi connectivity index (χ1) is 12.1. The molecular formula is C14H20F3N3O5S. The third-order valence-electron chi connectivity index (χ3n) is 4.00. The summed E-state index contributed by atoms with van der Waals surface area (Å²) in [5, 5.41) is 2.30. The smallest absolute Gasteiger partial charge is 0.405 e. The minimum absolute atomic E-state index is 0.00768. The average Bonchev–Trinajstić information content (AvgIpc) is 2.96. The molecule has 2 rings (SSSR count). The summed E-state index contributed by atoms with van der Waals surface area (Å²) in [5.41, 5.74) is -0.109. The maximum absolute atomic E-state index is 13.3. The largest absolute Gasteiger partial charge is 0.465 e. The maximum atomic E-state index is 13.3. The van der Waals surface area contributed by atoms with Gasteiger partial charge in [0.05, 0.1) is 7.11 Å². The van der Waals surface area contributed by atoms with Gasteiger partial charge in [0.2, 0.25) is 5.09 Å². The van der Waals surface area contributed by atoms with Crippen LogP contribution in [0.1, 0.15) is 16.1 Å². The Balaban J connectivity index is 2.15. The molecule has 2 N–H and O–H groups in total. The van der Waals surface area contributed by atoms with Gasteiger partial charge in [-0.15, -0.1) is 0 Å². The minimum Gasteiger partial charge on any atom is -0.465 e. The highest BCUT2D eigenvalue weighted by Gasteiger charge is 2.44. The number of nitrogens with one attached hydrogen (secondary N) is 2. The van der Waals surface area contributed by atoms with Crippen LogP contribution in [0, 0.1) is 6.92 Å². The van der Waals surface area contributed by atoms with Gasteiger partial charge in [-0.05, 0) is 6.92 Å². The molecule has 1 fully saturated rings. The number of piperazine rings is 1. The molecule has 26 heavy (non-hydrogen) atoms. The average molecular weight is 399 g/mol. The topological polar surface area (TPSA) is 101 Å². The lowest BCUT2D eigenvalue weighted by Crippen LogP contribution is -2.57. The fourth-order valence-electron chi connectivity index (χ4n) is 2.61. The number of aryl methyl sites for hydroxylation is 1. The third-order valence-corrected chi connectivity index (χ3v) is 5.28. The van der Waals surface area contributed by atoms with Crippen LogP contribution in [0.15, 0.2) is 15.6 Å². The van der Waals surface area contributed by atoms with E-state index in [-0.39, 0.29) is 24.4 Å². The van der Waals surface area contributed by atoms with Crippen molar-refractivity contribution >= 4 is 16.0 Å². The summed E-state index contributed by atoms with van der Waals surface area (Å²) < 4.78 is 75.9. The molecule has 148 valence electrons. The Labute approximate surface area is 148 Å². The quantitative estimate of drug-likeness (QED) is 0.672. The fraction of sp³-hybridized carbons (Fsp3) is 0.643. The first-order valence-corrected chi connectivity index (χ1v) is 9.24. The van der Waals surface area contributed by atoms with Crippen LogP contribution in [-0.2, 0) is 14.8 Å². The Morgan fingerprint density at radius 2 is 2.04 bits per heavy atom. The van der Waals surface area contributed by atoms with E-state index in [9.17, 15) is 26.4 Å². The normalized spacial score (nSPS) is 17.9. The van der Waals surface area contributed by atoms with Gasteiger partial charge in [-0.2, -0.15) is 13.2 Å². The van der Waals surface area contributed by atoms with Crippen molar-refractivity contribution in [2.45, 2.75) is 24.2 Å². The lowest BCUT2D eigenvalue weighted by atomic mass is 10.2. The molecule has 0 saturated carbocycles. The van der Waals surface area contributed by atoms with Crippen LogP contribution in [-0.4, -0.2) is 71.3 Å². The van der Waals surface area contributed by atoms with Crippen molar-refractivity contribution in [3.05, 3.63) is 17.4 Å². The number of furan rings is 1. The minimum atomic E-state index is -4.60. The van der Waals surface area contributed by atoms with Crippen LogP contribution < -0.4 is 10.0 Å². The van der Waals surface area contributed by atoms with E-state index in [0.717, 1.165) is 13.2 Å². The number of carbonyl (C=O) groups excluding carboxylic acids is 1. The maximum Gasteiger partial charge on any atom is 0.405 e. The molecule has 1 aromatic heterocycles. The molecule has 1 unspecified atom stereocenters. The number of methoxy groups -OCH3 is 1. The van der Waals surface area contributed by atoms with Crippen molar-refractivity contribution in [2.75, 3.05) is 39.8 Å². The number of hydrogen-bond acceptors (Lipinski definition) is 7. The number of esters is 1. The SMILES string of the molecule is COC(=O)c1cc(S(=O)(=O)NCC(N2CCNCC2)C(F)(F)F)oc1C. The van der Waals surface area contributed by atoms with Gasteiger partial charge in [0.25, 0.3) is 10.0 Å². The molecule has 0 radical (unpaired) electrons. The molecule has 1 saturated heterocycles. The second-order valence-electron chi connectivity index (χ2n) is 5.72. The van der Waals surface area contributed by atoms with E-state index in [1.54, 1.807) is 0 Å². The lowest BCUT2D eigenvalue weighted by molar-refractivity contribution is -0.182. The zero-order valence-corrected chi connectivity index (χ0v) is 15.0. The highest BCUT2D eigenvalue weighted by molar-refractivity contribution is 7.89. The highest BCUT2D eigenvalue weighted by atomic mass is 32.2. The predicted molar refractivity (Wildman–Crippen MR) is 84.3 cm³/mol. The van der Waals surface area contributed by atoms with E-state index in [2.05, 4.69) is 10.1 Å². The molecule has 1 aliphatic rings. The predicted octanol–water partition coefficient (Wildman–Crippen LogP) is 0.489. The monoisotopic (exact) mass is 399 g/mol. The fourth-order valence-corrected chi connectivity index (χ4v) is 3.63. The highest BCUT2D eigenvalue weighted by Crippen LogP contribution is 2.26. The molecule has 12 heteroatoms. The molecule has 1 atom stereocenters. The van der Waals surface area contributed by atoms with Crippen LogP contribution in [0.25, 0.3) is 0 Å². The molecule has 1 aromatic rings. The van der Waals surface area contributed by atoms with Crippen molar-refractivity contribution in [3.8, 4) is 0 Å². The lowest BCUT2D eigenvalue weighted by Gasteiger charge is -2.35. The number of sulfonamides is 1. The van der Waals surface area contributed by atoms with E-state index in [1.165, 1.54) is 11.8 Å². The number of nitrogens with zero attached hydrogens (tertiary/aromatic N) is 1. The number of ether oxygens (including phenoxy) is 1. The molecule has 0 bridgehead atoms. The molecule has 8 nitrogen and oxygen atoms in total. The van der Waals surface area contributed by atoms with Gasteiger partial charge in [-0.3, -0.25) is 4.90 Å². The van der Waals surface area contributed by atoms with E-state index in [4.69, 9.17) is 4.42 Å². The summed E-state index contributed by atoms with van der Waals surface area (Å²) in [6.45, 7) is 1.57. The second-order valence-corrected chi connectivity index (χ2v) is 7.42. The summed E-state index contributed by atoms with van der Waals surface area (Å²) in [6, 6.07) is -1.03. The van der Waals surface area contributed by atoms with Gasteiger partial charge in [0, 0.05) is 38.8 Å². The van der Waals surface area contributed by atoms with E-state index < -0.39 is 39.8 Å². The van der Waals surface area contributed by atoms with Crippen molar-refractivity contribution in [1.29, 1.82) is 0 Å². The Morgan fingerprint density at radius 3 is 2.58 bits per heavy atom.